The largest absolute Gasteiger partial charge is 0.452 e. The summed E-state index contributed by atoms with van der Waals surface area (Å²) in [6, 6.07) is 0.270. The standard InChI is InChI=1S/C20H31NO3/c1-13(18(22)21-17-5-3-2-4-6-17)24-19(23)20-10-14-7-15(11-20)9-16(8-14)12-20/h13-17H,2-12H2,1H3,(H,21,22). The molecule has 0 saturated heterocycles. The van der Waals surface area contributed by atoms with E-state index in [2.05, 4.69) is 5.32 Å². The Morgan fingerprint density at radius 2 is 1.50 bits per heavy atom. The molecule has 1 N–H and O–H groups in total. The molecule has 0 aliphatic heterocycles. The molecule has 0 aromatic rings. The van der Waals surface area contributed by atoms with Crippen LogP contribution in [0.4, 0.5) is 0 Å². The normalized spacial score (nSPS) is 39.5. The highest BCUT2D eigenvalue weighted by Gasteiger charge is 2.55. The van der Waals surface area contributed by atoms with Crippen LogP contribution in [-0.4, -0.2) is 24.0 Å². The number of hydrogen-bond acceptors (Lipinski definition) is 3. The van der Waals surface area contributed by atoms with Crippen LogP contribution < -0.4 is 5.32 Å². The van der Waals surface area contributed by atoms with Crippen LogP contribution in [0.5, 0.6) is 0 Å². The minimum Gasteiger partial charge on any atom is -0.452 e. The molecule has 5 rings (SSSR count). The summed E-state index contributed by atoms with van der Waals surface area (Å²) in [6.07, 6.45) is 12.0. The zero-order valence-corrected chi connectivity index (χ0v) is 14.9. The smallest absolute Gasteiger partial charge is 0.312 e. The Bertz CT molecular complexity index is 474. The first-order valence-corrected chi connectivity index (χ1v) is 10.1. The lowest BCUT2D eigenvalue weighted by Crippen LogP contribution is -2.52. The van der Waals surface area contributed by atoms with Gasteiger partial charge < -0.3 is 10.1 Å². The van der Waals surface area contributed by atoms with E-state index in [9.17, 15) is 9.59 Å². The third-order valence-corrected chi connectivity index (χ3v) is 7.08. The van der Waals surface area contributed by atoms with Crippen LogP contribution in [0.1, 0.15) is 77.6 Å². The van der Waals surface area contributed by atoms with Gasteiger partial charge in [-0.25, -0.2) is 0 Å². The zero-order chi connectivity index (χ0) is 16.7. The molecule has 1 unspecified atom stereocenters. The summed E-state index contributed by atoms with van der Waals surface area (Å²) < 4.78 is 5.69. The van der Waals surface area contributed by atoms with Crippen molar-refractivity contribution < 1.29 is 14.3 Å². The number of esters is 1. The van der Waals surface area contributed by atoms with Gasteiger partial charge in [0.2, 0.25) is 0 Å². The summed E-state index contributed by atoms with van der Waals surface area (Å²) in [6.45, 7) is 1.73. The molecule has 0 spiro atoms. The Labute approximate surface area is 145 Å². The van der Waals surface area contributed by atoms with Gasteiger partial charge in [0.05, 0.1) is 5.41 Å². The summed E-state index contributed by atoms with van der Waals surface area (Å²) >= 11 is 0. The first kappa shape index (κ1) is 16.4. The predicted molar refractivity (Wildman–Crippen MR) is 91.2 cm³/mol. The molecule has 0 radical (unpaired) electrons. The topological polar surface area (TPSA) is 55.4 Å². The quantitative estimate of drug-likeness (QED) is 0.800. The van der Waals surface area contributed by atoms with E-state index in [4.69, 9.17) is 4.74 Å². The number of ether oxygens (including phenoxy) is 1. The van der Waals surface area contributed by atoms with Crippen molar-refractivity contribution >= 4 is 11.9 Å². The van der Waals surface area contributed by atoms with Crippen molar-refractivity contribution in [1.29, 1.82) is 0 Å². The molecular formula is C20H31NO3. The molecule has 0 heterocycles. The van der Waals surface area contributed by atoms with Crippen molar-refractivity contribution in [3.05, 3.63) is 0 Å². The van der Waals surface area contributed by atoms with E-state index in [1.54, 1.807) is 6.92 Å². The van der Waals surface area contributed by atoms with Crippen molar-refractivity contribution in [3.63, 3.8) is 0 Å². The van der Waals surface area contributed by atoms with E-state index in [1.165, 1.54) is 38.5 Å². The molecule has 5 aliphatic carbocycles. The Morgan fingerprint density at radius 1 is 0.958 bits per heavy atom. The summed E-state index contributed by atoms with van der Waals surface area (Å²) in [5.74, 6) is 1.95. The van der Waals surface area contributed by atoms with Crippen LogP contribution in [0, 0.1) is 23.2 Å². The molecule has 4 heteroatoms. The van der Waals surface area contributed by atoms with Gasteiger partial charge in [-0.1, -0.05) is 19.3 Å². The fourth-order valence-corrected chi connectivity index (χ4v) is 6.27. The summed E-state index contributed by atoms with van der Waals surface area (Å²) in [5.41, 5.74) is -0.270. The molecule has 1 atom stereocenters. The second-order valence-electron chi connectivity index (χ2n) is 9.09. The van der Waals surface area contributed by atoms with Gasteiger partial charge in [0.15, 0.2) is 6.10 Å². The van der Waals surface area contributed by atoms with E-state index in [-0.39, 0.29) is 23.3 Å². The van der Waals surface area contributed by atoms with Crippen LogP contribution in [0.25, 0.3) is 0 Å². The molecule has 134 valence electrons. The number of hydrogen-bond donors (Lipinski definition) is 1. The van der Waals surface area contributed by atoms with Crippen molar-refractivity contribution in [2.45, 2.75) is 89.7 Å². The van der Waals surface area contributed by atoms with E-state index < -0.39 is 6.10 Å². The van der Waals surface area contributed by atoms with E-state index in [0.717, 1.165) is 49.9 Å². The lowest BCUT2D eigenvalue weighted by atomic mass is 9.49. The van der Waals surface area contributed by atoms with Crippen molar-refractivity contribution in [2.75, 3.05) is 0 Å². The van der Waals surface area contributed by atoms with Gasteiger partial charge in [-0.3, -0.25) is 9.59 Å². The number of rotatable bonds is 4. The first-order valence-electron chi connectivity index (χ1n) is 10.1. The summed E-state index contributed by atoms with van der Waals surface area (Å²) in [5, 5.41) is 3.08. The van der Waals surface area contributed by atoms with Gasteiger partial charge in [0, 0.05) is 6.04 Å². The second kappa shape index (κ2) is 6.34. The molecule has 0 aromatic heterocycles. The molecule has 1 amide bonds. The van der Waals surface area contributed by atoms with Crippen LogP contribution in [0.15, 0.2) is 0 Å². The van der Waals surface area contributed by atoms with Crippen LogP contribution >= 0.6 is 0 Å². The van der Waals surface area contributed by atoms with Crippen molar-refractivity contribution in [2.24, 2.45) is 23.2 Å². The van der Waals surface area contributed by atoms with Crippen LogP contribution in [0.2, 0.25) is 0 Å². The summed E-state index contributed by atoms with van der Waals surface area (Å²) in [7, 11) is 0. The fraction of sp³-hybridized carbons (Fsp3) is 0.900. The lowest BCUT2D eigenvalue weighted by Gasteiger charge is -2.55. The van der Waals surface area contributed by atoms with Gasteiger partial charge in [-0.15, -0.1) is 0 Å². The number of carbonyl (C=O) groups is 2. The molecule has 5 aliphatic rings. The van der Waals surface area contributed by atoms with Crippen LogP contribution in [0.3, 0.4) is 0 Å². The number of amides is 1. The van der Waals surface area contributed by atoms with Gasteiger partial charge in [0.25, 0.3) is 5.91 Å². The third kappa shape index (κ3) is 3.09. The molecule has 4 nitrogen and oxygen atoms in total. The highest BCUT2D eigenvalue weighted by Crippen LogP contribution is 2.60. The molecule has 4 bridgehead atoms. The van der Waals surface area contributed by atoms with Crippen molar-refractivity contribution in [3.8, 4) is 0 Å². The van der Waals surface area contributed by atoms with Crippen molar-refractivity contribution in [1.82, 2.24) is 5.32 Å². The molecule has 24 heavy (non-hydrogen) atoms. The SMILES string of the molecule is CC(OC(=O)C12CC3CC(CC(C3)C1)C2)C(=O)NC1CCCCC1. The first-order chi connectivity index (χ1) is 11.5. The molecule has 5 saturated carbocycles. The molecular weight excluding hydrogens is 302 g/mol. The van der Waals surface area contributed by atoms with Gasteiger partial charge >= 0.3 is 5.97 Å². The van der Waals surface area contributed by atoms with E-state index in [0.29, 0.717) is 0 Å². The zero-order valence-electron chi connectivity index (χ0n) is 14.9. The Morgan fingerprint density at radius 3 is 2.04 bits per heavy atom. The number of nitrogens with one attached hydrogen (secondary N) is 1. The van der Waals surface area contributed by atoms with Gasteiger partial charge in [-0.05, 0) is 76.0 Å². The lowest BCUT2D eigenvalue weighted by molar-refractivity contribution is -0.178. The predicted octanol–water partition coefficient (Wildman–Crippen LogP) is 3.58. The maximum atomic E-state index is 12.9. The maximum absolute atomic E-state index is 12.9. The molecule has 0 aromatic carbocycles. The van der Waals surface area contributed by atoms with Gasteiger partial charge in [-0.2, -0.15) is 0 Å². The second-order valence-corrected chi connectivity index (χ2v) is 9.09. The van der Waals surface area contributed by atoms with Gasteiger partial charge in [0.1, 0.15) is 0 Å². The third-order valence-electron chi connectivity index (χ3n) is 7.08. The fourth-order valence-electron chi connectivity index (χ4n) is 6.27. The Hall–Kier alpha value is -1.06. The average Bonchev–Trinajstić information content (AvgIpc) is 2.54. The maximum Gasteiger partial charge on any atom is 0.312 e. The number of carbonyl (C=O) groups excluding carboxylic acids is 2. The molecule has 5 fully saturated rings. The highest BCUT2D eigenvalue weighted by molar-refractivity contribution is 5.85. The Balaban J connectivity index is 1.34. The minimum absolute atomic E-state index is 0.0899. The average molecular weight is 333 g/mol. The highest BCUT2D eigenvalue weighted by atomic mass is 16.5. The van der Waals surface area contributed by atoms with E-state index >= 15 is 0 Å². The summed E-state index contributed by atoms with van der Waals surface area (Å²) in [4.78, 5) is 25.3. The van der Waals surface area contributed by atoms with E-state index in [1.807, 2.05) is 0 Å². The Kier molecular flexibility index (Phi) is 4.34. The monoisotopic (exact) mass is 333 g/mol. The minimum atomic E-state index is -0.660. The van der Waals surface area contributed by atoms with Crippen LogP contribution in [-0.2, 0) is 14.3 Å².